The van der Waals surface area contributed by atoms with Crippen LogP contribution < -0.4 is 0 Å². The van der Waals surface area contributed by atoms with Crippen LogP contribution in [0.25, 0.3) is 0 Å². The quantitative estimate of drug-likeness (QED) is 0.338. The molecular formula is C28H29F7N2O3. The second-order valence-electron chi connectivity index (χ2n) is 9.48. The highest BCUT2D eigenvalue weighted by atomic mass is 19.4. The first-order chi connectivity index (χ1) is 19.0. The van der Waals surface area contributed by atoms with Crippen LogP contribution in [0, 0.1) is 17.7 Å². The van der Waals surface area contributed by atoms with Gasteiger partial charge in [0.2, 0.25) is 0 Å². The van der Waals surface area contributed by atoms with E-state index in [4.69, 9.17) is 14.2 Å². The molecule has 2 aliphatic rings. The molecule has 5 nitrogen and oxygen atoms in total. The average molecular weight is 575 g/mol. The summed E-state index contributed by atoms with van der Waals surface area (Å²) in [7, 11) is 0. The largest absolute Gasteiger partial charge is 0.416 e. The minimum atomic E-state index is -4.93. The fourth-order valence-corrected chi connectivity index (χ4v) is 4.57. The van der Waals surface area contributed by atoms with Crippen LogP contribution in [0.2, 0.25) is 0 Å². The van der Waals surface area contributed by atoms with E-state index >= 15 is 0 Å². The normalized spacial score (nSPS) is 21.2. The Hall–Kier alpha value is -2.69. The van der Waals surface area contributed by atoms with Crippen molar-refractivity contribution in [2.45, 2.75) is 31.1 Å². The van der Waals surface area contributed by atoms with Crippen molar-refractivity contribution in [1.82, 2.24) is 9.80 Å². The van der Waals surface area contributed by atoms with Crippen LogP contribution >= 0.6 is 0 Å². The molecule has 0 aliphatic carbocycles. The van der Waals surface area contributed by atoms with Crippen LogP contribution in [-0.4, -0.2) is 75.2 Å². The number of morpholine rings is 2. The first-order valence-electron chi connectivity index (χ1n) is 12.8. The predicted molar refractivity (Wildman–Crippen MR) is 132 cm³/mol. The summed E-state index contributed by atoms with van der Waals surface area (Å²) in [5.41, 5.74) is -2.24. The molecule has 2 heterocycles. The van der Waals surface area contributed by atoms with E-state index in [0.717, 1.165) is 13.1 Å². The van der Waals surface area contributed by atoms with Crippen LogP contribution in [-0.2, 0) is 33.0 Å². The van der Waals surface area contributed by atoms with Crippen LogP contribution in [0.4, 0.5) is 30.7 Å². The molecule has 0 aromatic heterocycles. The van der Waals surface area contributed by atoms with Gasteiger partial charge in [0.1, 0.15) is 5.82 Å². The third kappa shape index (κ3) is 8.41. The minimum Gasteiger partial charge on any atom is -0.379 e. The average Bonchev–Trinajstić information content (AvgIpc) is 2.91. The molecule has 0 unspecified atom stereocenters. The zero-order chi connectivity index (χ0) is 28.8. The van der Waals surface area contributed by atoms with Gasteiger partial charge in [0.25, 0.3) is 0 Å². The van der Waals surface area contributed by atoms with Gasteiger partial charge in [0.15, 0.2) is 6.29 Å². The van der Waals surface area contributed by atoms with E-state index in [1.807, 2.05) is 4.90 Å². The van der Waals surface area contributed by atoms with Gasteiger partial charge in [-0.05, 0) is 47.9 Å². The molecule has 0 amide bonds. The molecule has 2 fully saturated rings. The summed E-state index contributed by atoms with van der Waals surface area (Å²) in [5, 5.41) is 0. The molecule has 12 heteroatoms. The zero-order valence-corrected chi connectivity index (χ0v) is 21.5. The molecule has 2 aliphatic heterocycles. The van der Waals surface area contributed by atoms with E-state index in [1.165, 1.54) is 12.1 Å². The van der Waals surface area contributed by atoms with Crippen molar-refractivity contribution < 1.29 is 44.9 Å². The predicted octanol–water partition coefficient (Wildman–Crippen LogP) is 5.16. The fraction of sp³-hybridized carbons (Fsp3) is 0.500. The highest BCUT2D eigenvalue weighted by Crippen LogP contribution is 2.37. The van der Waals surface area contributed by atoms with Gasteiger partial charge in [-0.15, -0.1) is 0 Å². The number of halogens is 7. The summed E-state index contributed by atoms with van der Waals surface area (Å²) in [5.74, 6) is 5.87. The standard InChI is InChI=1S/C28H29F7N2O3/c29-24-5-3-21(4-6-24)25-26(40-16-12-37(25)9-2-1-8-36-10-14-38-15-11-36)39-13-7-20-17-22(27(30,31)32)19-23(18-20)28(33,34)35/h3-6,17-19,25-26H,7-16H2/t25-,26+/m0/s1. The molecule has 40 heavy (non-hydrogen) atoms. The lowest BCUT2D eigenvalue weighted by Gasteiger charge is -2.40. The van der Waals surface area contributed by atoms with Crippen molar-refractivity contribution in [2.24, 2.45) is 0 Å². The zero-order valence-electron chi connectivity index (χ0n) is 21.5. The fourth-order valence-electron chi connectivity index (χ4n) is 4.57. The Kier molecular flexibility index (Phi) is 10.1. The van der Waals surface area contributed by atoms with Gasteiger partial charge in [-0.3, -0.25) is 9.80 Å². The summed E-state index contributed by atoms with van der Waals surface area (Å²) in [4.78, 5) is 4.18. The van der Waals surface area contributed by atoms with Gasteiger partial charge < -0.3 is 14.2 Å². The van der Waals surface area contributed by atoms with Gasteiger partial charge in [0.05, 0.1) is 56.7 Å². The smallest absolute Gasteiger partial charge is 0.379 e. The SMILES string of the molecule is Fc1ccc([C@H]2[C@H](OCCc3cc(C(F)(F)F)cc(C(F)(F)F)c3)OCCN2CC#CCN2CCOCC2)cc1. The molecule has 218 valence electrons. The number of nitrogens with zero attached hydrogens (tertiary/aromatic N) is 2. The second-order valence-corrected chi connectivity index (χ2v) is 9.48. The van der Waals surface area contributed by atoms with E-state index < -0.39 is 41.6 Å². The Morgan fingerprint density at radius 1 is 0.825 bits per heavy atom. The van der Waals surface area contributed by atoms with Crippen LogP contribution in [0.3, 0.4) is 0 Å². The summed E-state index contributed by atoms with van der Waals surface area (Å²) >= 11 is 0. The Morgan fingerprint density at radius 2 is 1.45 bits per heavy atom. The molecule has 0 saturated carbocycles. The maximum atomic E-state index is 13.6. The van der Waals surface area contributed by atoms with Gasteiger partial charge in [0, 0.05) is 19.6 Å². The van der Waals surface area contributed by atoms with E-state index in [1.54, 1.807) is 12.1 Å². The lowest BCUT2D eigenvalue weighted by molar-refractivity contribution is -0.208. The van der Waals surface area contributed by atoms with E-state index in [2.05, 4.69) is 16.7 Å². The number of alkyl halides is 6. The second kappa shape index (κ2) is 13.3. The Labute approximate surface area is 227 Å². The lowest BCUT2D eigenvalue weighted by atomic mass is 10.0. The van der Waals surface area contributed by atoms with Crippen molar-refractivity contribution in [1.29, 1.82) is 0 Å². The van der Waals surface area contributed by atoms with Crippen molar-refractivity contribution in [3.63, 3.8) is 0 Å². The van der Waals surface area contributed by atoms with Crippen molar-refractivity contribution >= 4 is 0 Å². The molecule has 2 atom stereocenters. The number of ether oxygens (including phenoxy) is 3. The Bertz CT molecular complexity index is 1140. The highest BCUT2D eigenvalue weighted by molar-refractivity contribution is 5.33. The molecule has 4 rings (SSSR count). The number of hydrogen-bond acceptors (Lipinski definition) is 5. The van der Waals surface area contributed by atoms with Crippen molar-refractivity contribution in [3.05, 3.63) is 70.5 Å². The monoisotopic (exact) mass is 574 g/mol. The van der Waals surface area contributed by atoms with Crippen LogP contribution in [0.1, 0.15) is 28.3 Å². The molecule has 0 radical (unpaired) electrons. The van der Waals surface area contributed by atoms with Gasteiger partial charge in [-0.1, -0.05) is 24.0 Å². The molecule has 2 saturated heterocycles. The van der Waals surface area contributed by atoms with Gasteiger partial charge in [-0.2, -0.15) is 26.3 Å². The minimum absolute atomic E-state index is 0.0944. The topological polar surface area (TPSA) is 34.2 Å². The molecule has 2 aromatic rings. The third-order valence-electron chi connectivity index (χ3n) is 6.66. The van der Waals surface area contributed by atoms with E-state index in [9.17, 15) is 30.7 Å². The van der Waals surface area contributed by atoms with Gasteiger partial charge in [-0.25, -0.2) is 4.39 Å². The summed E-state index contributed by atoms with van der Waals surface area (Å²) in [6.07, 6.45) is -11.0. The molecule has 0 bridgehead atoms. The maximum Gasteiger partial charge on any atom is 0.416 e. The van der Waals surface area contributed by atoms with Crippen LogP contribution in [0.15, 0.2) is 42.5 Å². The first-order valence-corrected chi connectivity index (χ1v) is 12.8. The summed E-state index contributed by atoms with van der Waals surface area (Å²) < 4.78 is 110. The molecular weight excluding hydrogens is 545 g/mol. The maximum absolute atomic E-state index is 13.6. The molecule has 0 N–H and O–H groups in total. The van der Waals surface area contributed by atoms with Crippen molar-refractivity contribution in [3.8, 4) is 11.8 Å². The van der Waals surface area contributed by atoms with Gasteiger partial charge >= 0.3 is 12.4 Å². The van der Waals surface area contributed by atoms with Crippen LogP contribution in [0.5, 0.6) is 0 Å². The highest BCUT2D eigenvalue weighted by Gasteiger charge is 2.37. The van der Waals surface area contributed by atoms with E-state index in [0.29, 0.717) is 50.5 Å². The van der Waals surface area contributed by atoms with E-state index in [-0.39, 0.29) is 31.3 Å². The summed E-state index contributed by atoms with van der Waals surface area (Å²) in [6.45, 7) is 4.45. The Morgan fingerprint density at radius 3 is 2.08 bits per heavy atom. The Balaban J connectivity index is 1.46. The first kappa shape index (κ1) is 30.3. The third-order valence-corrected chi connectivity index (χ3v) is 6.66. The molecule has 0 spiro atoms. The number of benzene rings is 2. The molecule has 2 aromatic carbocycles. The van der Waals surface area contributed by atoms with Crippen molar-refractivity contribution in [2.75, 3.05) is 59.2 Å². The lowest BCUT2D eigenvalue weighted by Crippen LogP contribution is -2.46. The number of hydrogen-bond donors (Lipinski definition) is 0. The summed E-state index contributed by atoms with van der Waals surface area (Å²) in [6, 6.07) is 6.72. The number of rotatable bonds is 7.